The van der Waals surface area contributed by atoms with Gasteiger partial charge in [-0.15, -0.1) is 0 Å². The third kappa shape index (κ3) is 2.06. The van der Waals surface area contributed by atoms with Crippen molar-refractivity contribution in [3.8, 4) is 11.4 Å². The molecule has 0 aliphatic rings. The molecule has 0 fully saturated rings. The first-order valence-electron chi connectivity index (χ1n) is 4.92. The monoisotopic (exact) mass is 258 g/mol. The second-order valence-electron chi connectivity index (χ2n) is 3.86. The Morgan fingerprint density at radius 3 is 2.61 bits per heavy atom. The van der Waals surface area contributed by atoms with Crippen molar-refractivity contribution in [3.05, 3.63) is 30.4 Å². The van der Waals surface area contributed by atoms with Gasteiger partial charge < -0.3 is 10.3 Å². The summed E-state index contributed by atoms with van der Waals surface area (Å²) >= 11 is 0. The Balaban J connectivity index is 2.38. The van der Waals surface area contributed by atoms with Gasteiger partial charge in [0.1, 0.15) is 0 Å². The molecule has 0 aliphatic heterocycles. The lowest BCUT2D eigenvalue weighted by molar-refractivity contribution is -0.190. The second kappa shape index (κ2) is 4.05. The van der Waals surface area contributed by atoms with Gasteiger partial charge in [-0.2, -0.15) is 18.2 Å². The minimum absolute atomic E-state index is 0.0130. The van der Waals surface area contributed by atoms with Gasteiger partial charge in [-0.25, -0.2) is 0 Å². The molecule has 0 saturated heterocycles. The number of nitrogens with zero attached hydrogens (tertiary/aromatic N) is 3. The summed E-state index contributed by atoms with van der Waals surface area (Å²) in [6, 6.07) is 3.21. The van der Waals surface area contributed by atoms with Gasteiger partial charge in [0, 0.05) is 18.0 Å². The SMILES string of the molecule is CC(N)(c1nc(-c2cccnc2)no1)C(F)(F)F. The highest BCUT2D eigenvalue weighted by atomic mass is 19.4. The Labute approximate surface area is 99.8 Å². The van der Waals surface area contributed by atoms with Crippen LogP contribution in [-0.4, -0.2) is 21.3 Å². The summed E-state index contributed by atoms with van der Waals surface area (Å²) in [5, 5.41) is 3.46. The van der Waals surface area contributed by atoms with Crippen molar-refractivity contribution in [1.82, 2.24) is 15.1 Å². The fraction of sp³-hybridized carbons (Fsp3) is 0.300. The van der Waals surface area contributed by atoms with E-state index in [9.17, 15) is 13.2 Å². The number of nitrogens with two attached hydrogens (primary N) is 1. The maximum Gasteiger partial charge on any atom is 0.415 e. The molecule has 2 heterocycles. The second-order valence-corrected chi connectivity index (χ2v) is 3.86. The lowest BCUT2D eigenvalue weighted by Crippen LogP contribution is -2.47. The molecular weight excluding hydrogens is 249 g/mol. The van der Waals surface area contributed by atoms with E-state index in [1.165, 1.54) is 12.4 Å². The molecule has 0 amide bonds. The Morgan fingerprint density at radius 2 is 2.06 bits per heavy atom. The maximum atomic E-state index is 12.7. The zero-order valence-corrected chi connectivity index (χ0v) is 9.27. The molecule has 96 valence electrons. The molecule has 2 aromatic rings. The van der Waals surface area contributed by atoms with E-state index in [2.05, 4.69) is 19.6 Å². The Hall–Kier alpha value is -1.96. The molecule has 0 saturated carbocycles. The minimum atomic E-state index is -4.67. The summed E-state index contributed by atoms with van der Waals surface area (Å²) < 4.78 is 42.6. The first kappa shape index (κ1) is 12.5. The maximum absolute atomic E-state index is 12.7. The zero-order chi connectivity index (χ0) is 13.4. The molecule has 2 aromatic heterocycles. The highest BCUT2D eigenvalue weighted by Gasteiger charge is 2.53. The van der Waals surface area contributed by atoms with E-state index >= 15 is 0 Å². The Bertz CT molecular complexity index is 536. The van der Waals surface area contributed by atoms with E-state index in [1.54, 1.807) is 12.1 Å². The van der Waals surface area contributed by atoms with Gasteiger partial charge >= 0.3 is 6.18 Å². The van der Waals surface area contributed by atoms with Gasteiger partial charge in [-0.05, 0) is 19.1 Å². The van der Waals surface area contributed by atoms with Crippen molar-refractivity contribution < 1.29 is 17.7 Å². The largest absolute Gasteiger partial charge is 0.415 e. The number of aromatic nitrogens is 3. The minimum Gasteiger partial charge on any atom is -0.337 e. The Morgan fingerprint density at radius 1 is 1.33 bits per heavy atom. The van der Waals surface area contributed by atoms with Gasteiger partial charge in [0.25, 0.3) is 5.89 Å². The van der Waals surface area contributed by atoms with E-state index in [4.69, 9.17) is 5.73 Å². The fourth-order valence-corrected chi connectivity index (χ4v) is 1.17. The molecule has 2 rings (SSSR count). The lowest BCUT2D eigenvalue weighted by atomic mass is 10.0. The average molecular weight is 258 g/mol. The van der Waals surface area contributed by atoms with Crippen LogP contribution in [-0.2, 0) is 5.54 Å². The van der Waals surface area contributed by atoms with Crippen LogP contribution in [0.4, 0.5) is 13.2 Å². The molecule has 0 radical (unpaired) electrons. The van der Waals surface area contributed by atoms with E-state index in [0.717, 1.165) is 6.92 Å². The zero-order valence-electron chi connectivity index (χ0n) is 9.27. The number of rotatable bonds is 2. The number of hydrogen-bond donors (Lipinski definition) is 1. The van der Waals surface area contributed by atoms with Crippen molar-refractivity contribution in [3.63, 3.8) is 0 Å². The molecule has 0 aromatic carbocycles. The van der Waals surface area contributed by atoms with Crippen LogP contribution in [0.25, 0.3) is 11.4 Å². The van der Waals surface area contributed by atoms with Gasteiger partial charge in [-0.3, -0.25) is 4.98 Å². The van der Waals surface area contributed by atoms with Gasteiger partial charge in [0.2, 0.25) is 5.82 Å². The molecule has 5 nitrogen and oxygen atoms in total. The first-order chi connectivity index (χ1) is 8.32. The summed E-state index contributed by atoms with van der Waals surface area (Å²) in [6.07, 6.45) is -1.74. The van der Waals surface area contributed by atoms with Crippen molar-refractivity contribution in [2.45, 2.75) is 18.6 Å². The fourth-order valence-electron chi connectivity index (χ4n) is 1.17. The van der Waals surface area contributed by atoms with Crippen LogP contribution < -0.4 is 5.73 Å². The summed E-state index contributed by atoms with van der Waals surface area (Å²) in [4.78, 5) is 7.46. The number of hydrogen-bond acceptors (Lipinski definition) is 5. The van der Waals surface area contributed by atoms with Crippen LogP contribution >= 0.6 is 0 Å². The molecule has 1 unspecified atom stereocenters. The normalized spacial score (nSPS) is 15.4. The van der Waals surface area contributed by atoms with Crippen LogP contribution in [0.3, 0.4) is 0 Å². The smallest absolute Gasteiger partial charge is 0.337 e. The van der Waals surface area contributed by atoms with Crippen LogP contribution in [0.5, 0.6) is 0 Å². The van der Waals surface area contributed by atoms with E-state index in [0.29, 0.717) is 5.56 Å². The highest BCUT2D eigenvalue weighted by Crippen LogP contribution is 2.35. The number of alkyl halides is 3. The molecule has 0 bridgehead atoms. The van der Waals surface area contributed by atoms with Crippen LogP contribution in [0, 0.1) is 0 Å². The molecule has 0 aliphatic carbocycles. The number of halogens is 3. The third-order valence-electron chi connectivity index (χ3n) is 2.38. The number of pyridine rings is 1. The summed E-state index contributed by atoms with van der Waals surface area (Å²) in [5.41, 5.74) is 2.94. The average Bonchev–Trinajstić information content (AvgIpc) is 2.78. The van der Waals surface area contributed by atoms with Crippen LogP contribution in [0.15, 0.2) is 29.0 Å². The standard InChI is InChI=1S/C10H9F3N4O/c1-9(14,10(11,12)13)8-16-7(17-18-8)6-3-2-4-15-5-6/h2-5H,14H2,1H3. The van der Waals surface area contributed by atoms with Gasteiger partial charge in [0.15, 0.2) is 5.54 Å². The third-order valence-corrected chi connectivity index (χ3v) is 2.38. The van der Waals surface area contributed by atoms with Crippen LogP contribution in [0.2, 0.25) is 0 Å². The van der Waals surface area contributed by atoms with Crippen LogP contribution in [0.1, 0.15) is 12.8 Å². The summed E-state index contributed by atoms with van der Waals surface area (Å²) in [6.45, 7) is 0.771. The highest BCUT2D eigenvalue weighted by molar-refractivity contribution is 5.52. The molecule has 18 heavy (non-hydrogen) atoms. The Kier molecular flexibility index (Phi) is 2.81. The topological polar surface area (TPSA) is 77.8 Å². The van der Waals surface area contributed by atoms with E-state index in [1.807, 2.05) is 0 Å². The molecule has 8 heteroatoms. The first-order valence-corrected chi connectivity index (χ1v) is 4.92. The van der Waals surface area contributed by atoms with Crippen molar-refractivity contribution in [2.24, 2.45) is 5.73 Å². The van der Waals surface area contributed by atoms with E-state index in [-0.39, 0.29) is 5.82 Å². The lowest BCUT2D eigenvalue weighted by Gasteiger charge is -2.22. The summed E-state index contributed by atoms with van der Waals surface area (Å²) in [7, 11) is 0. The van der Waals surface area contributed by atoms with Gasteiger partial charge in [0.05, 0.1) is 0 Å². The predicted molar refractivity (Wildman–Crippen MR) is 55.1 cm³/mol. The molecule has 1 atom stereocenters. The van der Waals surface area contributed by atoms with Crippen molar-refractivity contribution >= 4 is 0 Å². The molecule has 2 N–H and O–H groups in total. The van der Waals surface area contributed by atoms with Crippen molar-refractivity contribution in [2.75, 3.05) is 0 Å². The van der Waals surface area contributed by atoms with E-state index < -0.39 is 17.6 Å². The van der Waals surface area contributed by atoms with Crippen molar-refractivity contribution in [1.29, 1.82) is 0 Å². The molecule has 0 spiro atoms. The van der Waals surface area contributed by atoms with Gasteiger partial charge in [-0.1, -0.05) is 5.16 Å². The summed E-state index contributed by atoms with van der Waals surface area (Å²) in [5.74, 6) is -0.673. The quantitative estimate of drug-likeness (QED) is 0.889. The molecular formula is C10H9F3N4O. The predicted octanol–water partition coefficient (Wildman–Crippen LogP) is 1.87.